The highest BCUT2D eigenvalue weighted by atomic mass is 19.1. The number of para-hydroxylation sites is 1. The molecule has 0 aliphatic carbocycles. The lowest BCUT2D eigenvalue weighted by atomic mass is 10.1. The Balaban J connectivity index is 2.50. The molecule has 0 heterocycles. The van der Waals surface area contributed by atoms with E-state index in [-0.39, 0.29) is 6.42 Å². The van der Waals surface area contributed by atoms with Gasteiger partial charge in [-0.05, 0) is 26.0 Å². The zero-order valence-electron chi connectivity index (χ0n) is 8.29. The second-order valence-electron chi connectivity index (χ2n) is 3.68. The lowest BCUT2D eigenvalue weighted by molar-refractivity contribution is -0.136. The van der Waals surface area contributed by atoms with Crippen LogP contribution in [0.4, 0.5) is 4.39 Å². The fraction of sp³-hybridized carbons (Fsp3) is 0.364. The van der Waals surface area contributed by atoms with E-state index >= 15 is 0 Å². The molecule has 0 unspecified atom stereocenters. The van der Waals surface area contributed by atoms with Crippen molar-refractivity contribution in [2.24, 2.45) is 0 Å². The van der Waals surface area contributed by atoms with Gasteiger partial charge in [-0.15, -0.1) is 0 Å². The Kier molecular flexibility index (Phi) is 3.23. The summed E-state index contributed by atoms with van der Waals surface area (Å²) in [6, 6.07) is 8.63. The van der Waals surface area contributed by atoms with Crippen LogP contribution in [0.1, 0.15) is 20.3 Å². The Hall–Kier alpha value is -1.38. The summed E-state index contributed by atoms with van der Waals surface area (Å²) in [5, 5.41) is 0. The fourth-order valence-electron chi connectivity index (χ4n) is 0.999. The summed E-state index contributed by atoms with van der Waals surface area (Å²) < 4.78 is 18.0. The molecular formula is C11H13FO2. The van der Waals surface area contributed by atoms with Crippen molar-refractivity contribution < 1.29 is 13.9 Å². The smallest absolute Gasteiger partial charge is 0.314 e. The number of alkyl halides is 1. The van der Waals surface area contributed by atoms with Gasteiger partial charge >= 0.3 is 5.97 Å². The second kappa shape index (κ2) is 4.22. The van der Waals surface area contributed by atoms with Crippen LogP contribution in [0.15, 0.2) is 30.3 Å². The minimum atomic E-state index is -1.52. The van der Waals surface area contributed by atoms with Crippen LogP contribution in [0, 0.1) is 0 Å². The Morgan fingerprint density at radius 1 is 1.36 bits per heavy atom. The van der Waals surface area contributed by atoms with Gasteiger partial charge < -0.3 is 4.74 Å². The van der Waals surface area contributed by atoms with Crippen LogP contribution in [0.2, 0.25) is 0 Å². The highest BCUT2D eigenvalue weighted by Gasteiger charge is 2.21. The summed E-state index contributed by atoms with van der Waals surface area (Å²) in [5.74, 6) is -0.106. The van der Waals surface area contributed by atoms with Gasteiger partial charge in [0.15, 0.2) is 0 Å². The number of hydrogen-bond acceptors (Lipinski definition) is 2. The van der Waals surface area contributed by atoms with Gasteiger partial charge in [-0.25, -0.2) is 4.39 Å². The van der Waals surface area contributed by atoms with E-state index in [0.29, 0.717) is 5.75 Å². The van der Waals surface area contributed by atoms with Gasteiger partial charge in [-0.3, -0.25) is 4.79 Å². The lowest BCUT2D eigenvalue weighted by Gasteiger charge is -2.12. The molecule has 0 N–H and O–H groups in total. The molecule has 0 saturated heterocycles. The first kappa shape index (κ1) is 10.7. The molecule has 1 aromatic rings. The standard InChI is InChI=1S/C11H13FO2/c1-11(2,12)8-10(13)14-9-6-4-3-5-7-9/h3-7H,8H2,1-2H3. The van der Waals surface area contributed by atoms with Gasteiger partial charge in [0, 0.05) is 0 Å². The van der Waals surface area contributed by atoms with Crippen LogP contribution < -0.4 is 4.74 Å². The number of halogens is 1. The highest BCUT2D eigenvalue weighted by Crippen LogP contribution is 2.16. The molecule has 0 amide bonds. The van der Waals surface area contributed by atoms with E-state index < -0.39 is 11.6 Å². The van der Waals surface area contributed by atoms with Crippen LogP contribution in [0.5, 0.6) is 5.75 Å². The van der Waals surface area contributed by atoms with Gasteiger partial charge in [-0.1, -0.05) is 18.2 Å². The van der Waals surface area contributed by atoms with Crippen LogP contribution in [-0.4, -0.2) is 11.6 Å². The summed E-state index contributed by atoms with van der Waals surface area (Å²) in [4.78, 5) is 11.2. The monoisotopic (exact) mass is 196 g/mol. The number of benzene rings is 1. The molecule has 0 fully saturated rings. The number of rotatable bonds is 3. The Labute approximate surface area is 82.7 Å². The minimum absolute atomic E-state index is 0.234. The number of carbonyl (C=O) groups is 1. The summed E-state index contributed by atoms with van der Waals surface area (Å²) in [5.41, 5.74) is -1.52. The van der Waals surface area contributed by atoms with E-state index in [1.165, 1.54) is 13.8 Å². The molecule has 0 saturated carbocycles. The maximum absolute atomic E-state index is 13.0. The average molecular weight is 196 g/mol. The molecule has 0 aliphatic rings. The summed E-state index contributed by atoms with van der Waals surface area (Å²) in [7, 11) is 0. The maximum atomic E-state index is 13.0. The minimum Gasteiger partial charge on any atom is -0.426 e. The molecule has 3 heteroatoms. The fourth-order valence-corrected chi connectivity index (χ4v) is 0.999. The summed E-state index contributed by atoms with van der Waals surface area (Å²) in [6.07, 6.45) is -0.234. The van der Waals surface area contributed by atoms with Crippen molar-refractivity contribution in [2.75, 3.05) is 0 Å². The molecule has 0 spiro atoms. The maximum Gasteiger partial charge on any atom is 0.314 e. The predicted octanol–water partition coefficient (Wildman–Crippen LogP) is 2.73. The van der Waals surface area contributed by atoms with Crippen molar-refractivity contribution in [1.82, 2.24) is 0 Å². The normalized spacial score (nSPS) is 11.1. The van der Waals surface area contributed by atoms with Gasteiger partial charge in [-0.2, -0.15) is 0 Å². The van der Waals surface area contributed by atoms with E-state index in [1.54, 1.807) is 24.3 Å². The van der Waals surface area contributed by atoms with Gasteiger partial charge in [0.1, 0.15) is 11.4 Å². The van der Waals surface area contributed by atoms with Crippen LogP contribution in [0.3, 0.4) is 0 Å². The number of hydrogen-bond donors (Lipinski definition) is 0. The van der Waals surface area contributed by atoms with Crippen LogP contribution in [0.25, 0.3) is 0 Å². The number of carbonyl (C=O) groups excluding carboxylic acids is 1. The van der Waals surface area contributed by atoms with Crippen molar-refractivity contribution >= 4 is 5.97 Å². The lowest BCUT2D eigenvalue weighted by Crippen LogP contribution is -2.21. The zero-order chi connectivity index (χ0) is 10.6. The van der Waals surface area contributed by atoms with E-state index in [2.05, 4.69) is 0 Å². The molecule has 0 radical (unpaired) electrons. The molecule has 1 rings (SSSR count). The second-order valence-corrected chi connectivity index (χ2v) is 3.68. The quantitative estimate of drug-likeness (QED) is 0.548. The first-order valence-corrected chi connectivity index (χ1v) is 4.42. The Morgan fingerprint density at radius 2 is 1.93 bits per heavy atom. The Morgan fingerprint density at radius 3 is 2.43 bits per heavy atom. The van der Waals surface area contributed by atoms with Crippen LogP contribution in [-0.2, 0) is 4.79 Å². The molecule has 1 aromatic carbocycles. The van der Waals surface area contributed by atoms with Crippen molar-refractivity contribution in [3.8, 4) is 5.75 Å². The highest BCUT2D eigenvalue weighted by molar-refractivity contribution is 5.73. The summed E-state index contributed by atoms with van der Waals surface area (Å²) in [6.45, 7) is 2.69. The number of esters is 1. The molecule has 14 heavy (non-hydrogen) atoms. The molecule has 76 valence electrons. The largest absolute Gasteiger partial charge is 0.426 e. The van der Waals surface area contributed by atoms with E-state index in [4.69, 9.17) is 4.74 Å². The third-order valence-electron chi connectivity index (χ3n) is 1.54. The third-order valence-corrected chi connectivity index (χ3v) is 1.54. The first-order chi connectivity index (χ1) is 6.47. The van der Waals surface area contributed by atoms with Crippen molar-refractivity contribution in [1.29, 1.82) is 0 Å². The van der Waals surface area contributed by atoms with Crippen LogP contribution >= 0.6 is 0 Å². The van der Waals surface area contributed by atoms with E-state index in [9.17, 15) is 9.18 Å². The molecule has 0 bridgehead atoms. The molecule has 2 nitrogen and oxygen atoms in total. The molecule has 0 aliphatic heterocycles. The van der Waals surface area contributed by atoms with Crippen molar-refractivity contribution in [3.05, 3.63) is 30.3 Å². The van der Waals surface area contributed by atoms with Gasteiger partial charge in [0.25, 0.3) is 0 Å². The van der Waals surface area contributed by atoms with Gasteiger partial charge in [0.2, 0.25) is 0 Å². The zero-order valence-corrected chi connectivity index (χ0v) is 8.29. The molecular weight excluding hydrogens is 183 g/mol. The van der Waals surface area contributed by atoms with E-state index in [0.717, 1.165) is 0 Å². The molecule has 0 aromatic heterocycles. The predicted molar refractivity (Wildman–Crippen MR) is 51.9 cm³/mol. The SMILES string of the molecule is CC(C)(F)CC(=O)Oc1ccccc1. The topological polar surface area (TPSA) is 26.3 Å². The van der Waals surface area contributed by atoms with Crippen molar-refractivity contribution in [2.45, 2.75) is 25.9 Å². The first-order valence-electron chi connectivity index (χ1n) is 4.42. The van der Waals surface area contributed by atoms with E-state index in [1.807, 2.05) is 6.07 Å². The average Bonchev–Trinajstić information content (AvgIpc) is 2.02. The third kappa shape index (κ3) is 4.03. The summed E-state index contributed by atoms with van der Waals surface area (Å²) >= 11 is 0. The molecule has 0 atom stereocenters. The van der Waals surface area contributed by atoms with Gasteiger partial charge in [0.05, 0.1) is 6.42 Å². The Bertz CT molecular complexity index is 301. The van der Waals surface area contributed by atoms with Crippen molar-refractivity contribution in [3.63, 3.8) is 0 Å². The number of ether oxygens (including phenoxy) is 1.